The molecule has 104 valence electrons. The summed E-state index contributed by atoms with van der Waals surface area (Å²) in [5.41, 5.74) is 3.51. The predicted octanol–water partition coefficient (Wildman–Crippen LogP) is 1.86. The molecule has 1 saturated heterocycles. The largest absolute Gasteiger partial charge is 0.312 e. The molecule has 1 aliphatic rings. The van der Waals surface area contributed by atoms with Gasteiger partial charge in [0.15, 0.2) is 0 Å². The zero-order chi connectivity index (χ0) is 12.5. The van der Waals surface area contributed by atoms with E-state index in [1.165, 1.54) is 5.69 Å². The van der Waals surface area contributed by atoms with E-state index < -0.39 is 0 Å². The van der Waals surface area contributed by atoms with Crippen LogP contribution in [0.15, 0.2) is 24.4 Å². The summed E-state index contributed by atoms with van der Waals surface area (Å²) in [5, 5.41) is 3.48. The lowest BCUT2D eigenvalue weighted by Crippen LogP contribution is -2.48. The van der Waals surface area contributed by atoms with Crippen molar-refractivity contribution < 1.29 is 0 Å². The molecule has 0 bridgehead atoms. The van der Waals surface area contributed by atoms with Gasteiger partial charge in [-0.2, -0.15) is 0 Å². The number of fused-ring (bicyclic) bond motifs is 1. The molecule has 4 nitrogen and oxygen atoms in total. The van der Waals surface area contributed by atoms with Crippen molar-refractivity contribution in [3.05, 3.63) is 35.8 Å². The Kier molecular flexibility index (Phi) is 4.45. The molecule has 3 rings (SSSR count). The van der Waals surface area contributed by atoms with E-state index in [2.05, 4.69) is 51.8 Å². The molecule has 2 aromatic rings. The van der Waals surface area contributed by atoms with E-state index >= 15 is 0 Å². The fraction of sp³-hybridized carbons (Fsp3) is 0.500. The zero-order valence-electron chi connectivity index (χ0n) is 11.5. The van der Waals surface area contributed by atoms with E-state index in [1.807, 2.05) is 6.07 Å². The van der Waals surface area contributed by atoms with Gasteiger partial charge in [0.2, 0.25) is 0 Å². The first kappa shape index (κ1) is 14.3. The van der Waals surface area contributed by atoms with Crippen molar-refractivity contribution in [2.75, 3.05) is 19.6 Å². The molecule has 1 atom stereocenters. The normalized spacial score (nSPS) is 20.4. The number of piperazine rings is 1. The smallest absolute Gasteiger partial charge is 0.137 e. The highest BCUT2D eigenvalue weighted by Crippen LogP contribution is 2.15. The SMILES string of the molecule is Cc1nc2ccccn2c1CN1CCN[C@H](C)C1.Cl. The highest BCUT2D eigenvalue weighted by molar-refractivity contribution is 5.85. The van der Waals surface area contributed by atoms with Crippen LogP contribution in [0.5, 0.6) is 0 Å². The average Bonchev–Trinajstić information content (AvgIpc) is 2.66. The van der Waals surface area contributed by atoms with E-state index in [0.717, 1.165) is 37.5 Å². The molecule has 1 N–H and O–H groups in total. The van der Waals surface area contributed by atoms with Crippen molar-refractivity contribution in [1.29, 1.82) is 0 Å². The van der Waals surface area contributed by atoms with Gasteiger partial charge in [-0.3, -0.25) is 4.90 Å². The van der Waals surface area contributed by atoms with E-state index in [9.17, 15) is 0 Å². The van der Waals surface area contributed by atoms with Gasteiger partial charge in [-0.25, -0.2) is 4.98 Å². The number of nitrogens with one attached hydrogen (secondary N) is 1. The lowest BCUT2D eigenvalue weighted by molar-refractivity contribution is 0.197. The molecule has 0 spiro atoms. The number of nitrogens with zero attached hydrogens (tertiary/aromatic N) is 3. The van der Waals surface area contributed by atoms with Gasteiger partial charge in [-0.05, 0) is 26.0 Å². The van der Waals surface area contributed by atoms with Crippen LogP contribution in [0.4, 0.5) is 0 Å². The molecule has 1 aliphatic heterocycles. The molecule has 0 unspecified atom stereocenters. The number of aromatic nitrogens is 2. The lowest BCUT2D eigenvalue weighted by Gasteiger charge is -2.31. The van der Waals surface area contributed by atoms with Crippen molar-refractivity contribution in [3.8, 4) is 0 Å². The summed E-state index contributed by atoms with van der Waals surface area (Å²) in [5.74, 6) is 0. The van der Waals surface area contributed by atoms with Gasteiger partial charge in [0, 0.05) is 38.4 Å². The van der Waals surface area contributed by atoms with Crippen LogP contribution in [0.3, 0.4) is 0 Å². The van der Waals surface area contributed by atoms with Gasteiger partial charge in [0.1, 0.15) is 5.65 Å². The fourth-order valence-corrected chi connectivity index (χ4v) is 2.72. The maximum atomic E-state index is 4.62. The Labute approximate surface area is 120 Å². The molecule has 1 fully saturated rings. The summed E-state index contributed by atoms with van der Waals surface area (Å²) in [4.78, 5) is 7.12. The van der Waals surface area contributed by atoms with Crippen molar-refractivity contribution in [2.24, 2.45) is 0 Å². The third-order valence-corrected chi connectivity index (χ3v) is 3.66. The van der Waals surface area contributed by atoms with Gasteiger partial charge < -0.3 is 9.72 Å². The monoisotopic (exact) mass is 280 g/mol. The lowest BCUT2D eigenvalue weighted by atomic mass is 10.2. The van der Waals surface area contributed by atoms with Crippen molar-refractivity contribution >= 4 is 18.1 Å². The summed E-state index contributed by atoms with van der Waals surface area (Å²) < 4.78 is 2.21. The standard InChI is InChI=1S/C14H20N4.ClH/c1-11-9-17(8-6-15-11)10-13-12(2)16-14-5-3-4-7-18(13)14;/h3-5,7,11,15H,6,8-10H2,1-2H3;1H/t11-;/m1./s1. The summed E-state index contributed by atoms with van der Waals surface area (Å²) >= 11 is 0. The Morgan fingerprint density at radius 2 is 2.26 bits per heavy atom. The van der Waals surface area contributed by atoms with E-state index in [0.29, 0.717) is 6.04 Å². The predicted molar refractivity (Wildman–Crippen MR) is 79.9 cm³/mol. The molecule has 2 aromatic heterocycles. The van der Waals surface area contributed by atoms with Crippen molar-refractivity contribution in [3.63, 3.8) is 0 Å². The minimum Gasteiger partial charge on any atom is -0.312 e. The fourth-order valence-electron chi connectivity index (χ4n) is 2.72. The Hall–Kier alpha value is -1.10. The Balaban J connectivity index is 0.00000133. The molecule has 0 radical (unpaired) electrons. The molecule has 0 aliphatic carbocycles. The van der Waals surface area contributed by atoms with Gasteiger partial charge in [0.05, 0.1) is 11.4 Å². The highest BCUT2D eigenvalue weighted by atomic mass is 35.5. The van der Waals surface area contributed by atoms with Gasteiger partial charge in [-0.1, -0.05) is 6.07 Å². The molecular weight excluding hydrogens is 260 g/mol. The first-order chi connectivity index (χ1) is 8.74. The second-order valence-corrected chi connectivity index (χ2v) is 5.16. The Morgan fingerprint density at radius 1 is 1.42 bits per heavy atom. The summed E-state index contributed by atoms with van der Waals surface area (Å²) in [6.45, 7) is 8.64. The first-order valence-corrected chi connectivity index (χ1v) is 6.62. The first-order valence-electron chi connectivity index (χ1n) is 6.62. The zero-order valence-corrected chi connectivity index (χ0v) is 12.3. The number of halogens is 1. The van der Waals surface area contributed by atoms with Crippen LogP contribution < -0.4 is 5.32 Å². The molecule has 0 aromatic carbocycles. The van der Waals surface area contributed by atoms with E-state index in [-0.39, 0.29) is 12.4 Å². The highest BCUT2D eigenvalue weighted by Gasteiger charge is 2.18. The Bertz CT molecular complexity index is 551. The van der Waals surface area contributed by atoms with Crippen LogP contribution >= 0.6 is 12.4 Å². The minimum absolute atomic E-state index is 0. The molecule has 3 heterocycles. The summed E-state index contributed by atoms with van der Waals surface area (Å²) in [6, 6.07) is 6.76. The molecular formula is C14H21ClN4. The number of rotatable bonds is 2. The maximum Gasteiger partial charge on any atom is 0.137 e. The molecule has 0 saturated carbocycles. The molecule has 0 amide bonds. The average molecular weight is 281 g/mol. The second kappa shape index (κ2) is 5.90. The van der Waals surface area contributed by atoms with E-state index in [1.54, 1.807) is 0 Å². The van der Waals surface area contributed by atoms with E-state index in [4.69, 9.17) is 0 Å². The van der Waals surface area contributed by atoms with Gasteiger partial charge >= 0.3 is 0 Å². The van der Waals surface area contributed by atoms with Crippen LogP contribution in [-0.2, 0) is 6.54 Å². The number of hydrogen-bond donors (Lipinski definition) is 1. The Morgan fingerprint density at radius 3 is 3.05 bits per heavy atom. The summed E-state index contributed by atoms with van der Waals surface area (Å²) in [7, 11) is 0. The number of pyridine rings is 1. The van der Waals surface area contributed by atoms with Gasteiger partial charge in [-0.15, -0.1) is 12.4 Å². The third-order valence-electron chi connectivity index (χ3n) is 3.66. The summed E-state index contributed by atoms with van der Waals surface area (Å²) in [6.07, 6.45) is 2.11. The number of imidazole rings is 1. The number of hydrogen-bond acceptors (Lipinski definition) is 3. The third kappa shape index (κ3) is 2.91. The van der Waals surface area contributed by atoms with Crippen molar-refractivity contribution in [1.82, 2.24) is 19.6 Å². The van der Waals surface area contributed by atoms with Crippen molar-refractivity contribution in [2.45, 2.75) is 26.4 Å². The van der Waals surface area contributed by atoms with Crippen LogP contribution in [-0.4, -0.2) is 40.0 Å². The number of aryl methyl sites for hydroxylation is 1. The molecule has 5 heteroatoms. The minimum atomic E-state index is 0. The van der Waals surface area contributed by atoms with Crippen LogP contribution in [0, 0.1) is 6.92 Å². The molecule has 19 heavy (non-hydrogen) atoms. The van der Waals surface area contributed by atoms with Crippen LogP contribution in [0.25, 0.3) is 5.65 Å². The van der Waals surface area contributed by atoms with Gasteiger partial charge in [0.25, 0.3) is 0 Å². The van der Waals surface area contributed by atoms with Crippen LogP contribution in [0.2, 0.25) is 0 Å². The maximum absolute atomic E-state index is 4.62. The second-order valence-electron chi connectivity index (χ2n) is 5.16. The quantitative estimate of drug-likeness (QED) is 0.911. The van der Waals surface area contributed by atoms with Crippen LogP contribution in [0.1, 0.15) is 18.3 Å². The topological polar surface area (TPSA) is 32.6 Å².